The number of aliphatic hydroxyl groups excluding tert-OH is 1. The smallest absolute Gasteiger partial charge is 0.305 e. The standard InChI is InChI=1S/C12H25N3O3/c1-18-12(17)7-10-6-11(14-3-5-16)9-15(8-10)4-2-13/h10-11,14,16H,2-9,13H2,1H3. The summed E-state index contributed by atoms with van der Waals surface area (Å²) in [5.74, 6) is 0.143. The number of esters is 1. The van der Waals surface area contributed by atoms with Gasteiger partial charge in [-0.3, -0.25) is 4.79 Å². The highest BCUT2D eigenvalue weighted by atomic mass is 16.5. The van der Waals surface area contributed by atoms with Crippen LogP contribution < -0.4 is 11.1 Å². The van der Waals surface area contributed by atoms with Gasteiger partial charge in [-0.2, -0.15) is 0 Å². The van der Waals surface area contributed by atoms with Gasteiger partial charge in [0.2, 0.25) is 0 Å². The Kier molecular flexibility index (Phi) is 7.19. The van der Waals surface area contributed by atoms with Crippen LogP contribution in [0.2, 0.25) is 0 Å². The summed E-state index contributed by atoms with van der Waals surface area (Å²) < 4.78 is 4.72. The predicted molar refractivity (Wildman–Crippen MR) is 69.1 cm³/mol. The number of hydrogen-bond acceptors (Lipinski definition) is 6. The van der Waals surface area contributed by atoms with Crippen molar-refractivity contribution in [1.82, 2.24) is 10.2 Å². The van der Waals surface area contributed by atoms with Crippen molar-refractivity contribution in [2.24, 2.45) is 11.7 Å². The number of rotatable bonds is 7. The van der Waals surface area contributed by atoms with E-state index in [0.717, 1.165) is 26.1 Å². The lowest BCUT2D eigenvalue weighted by atomic mass is 9.91. The van der Waals surface area contributed by atoms with Gasteiger partial charge in [0.05, 0.1) is 13.7 Å². The lowest BCUT2D eigenvalue weighted by molar-refractivity contribution is -0.142. The molecule has 0 aromatic rings. The zero-order valence-electron chi connectivity index (χ0n) is 11.1. The van der Waals surface area contributed by atoms with E-state index in [4.69, 9.17) is 15.6 Å². The summed E-state index contributed by atoms with van der Waals surface area (Å²) in [6.45, 7) is 4.01. The Morgan fingerprint density at radius 2 is 2.33 bits per heavy atom. The number of piperidine rings is 1. The number of ether oxygens (including phenoxy) is 1. The van der Waals surface area contributed by atoms with Gasteiger partial charge >= 0.3 is 5.97 Å². The van der Waals surface area contributed by atoms with Gasteiger partial charge in [0.25, 0.3) is 0 Å². The van der Waals surface area contributed by atoms with Crippen molar-refractivity contribution in [2.75, 3.05) is 46.4 Å². The Bertz CT molecular complexity index is 251. The average Bonchev–Trinajstić information content (AvgIpc) is 2.36. The van der Waals surface area contributed by atoms with Crippen molar-refractivity contribution >= 4 is 5.97 Å². The first-order valence-electron chi connectivity index (χ1n) is 6.53. The average molecular weight is 259 g/mol. The maximum Gasteiger partial charge on any atom is 0.305 e. The first kappa shape index (κ1) is 15.4. The van der Waals surface area contributed by atoms with Crippen LogP contribution in [0.5, 0.6) is 0 Å². The molecule has 6 nitrogen and oxygen atoms in total. The molecule has 1 fully saturated rings. The van der Waals surface area contributed by atoms with Gasteiger partial charge in [-0.1, -0.05) is 0 Å². The summed E-state index contributed by atoms with van der Waals surface area (Å²) in [6.07, 6.45) is 1.39. The summed E-state index contributed by atoms with van der Waals surface area (Å²) in [5, 5.41) is 12.1. The van der Waals surface area contributed by atoms with Crippen molar-refractivity contribution < 1.29 is 14.6 Å². The molecule has 0 aromatic carbocycles. The van der Waals surface area contributed by atoms with Crippen molar-refractivity contribution in [1.29, 1.82) is 0 Å². The van der Waals surface area contributed by atoms with Crippen molar-refractivity contribution in [3.63, 3.8) is 0 Å². The van der Waals surface area contributed by atoms with E-state index in [0.29, 0.717) is 31.5 Å². The molecule has 0 aliphatic carbocycles. The Labute approximate surface area is 108 Å². The van der Waals surface area contributed by atoms with Gasteiger partial charge in [-0.15, -0.1) is 0 Å². The fraction of sp³-hybridized carbons (Fsp3) is 0.917. The van der Waals surface area contributed by atoms with Crippen LogP contribution in [0.15, 0.2) is 0 Å². The first-order chi connectivity index (χ1) is 8.69. The highest BCUT2D eigenvalue weighted by molar-refractivity contribution is 5.69. The van der Waals surface area contributed by atoms with Crippen molar-refractivity contribution in [3.8, 4) is 0 Å². The number of carbonyl (C=O) groups excluding carboxylic acids is 1. The first-order valence-corrected chi connectivity index (χ1v) is 6.53. The molecule has 1 rings (SSSR count). The normalized spacial score (nSPS) is 25.1. The van der Waals surface area contributed by atoms with Crippen LogP contribution in [0.3, 0.4) is 0 Å². The number of nitrogens with one attached hydrogen (secondary N) is 1. The third-order valence-electron chi connectivity index (χ3n) is 3.29. The molecular weight excluding hydrogens is 234 g/mol. The largest absolute Gasteiger partial charge is 0.469 e. The molecule has 0 aromatic heterocycles. The maximum absolute atomic E-state index is 11.3. The topological polar surface area (TPSA) is 87.8 Å². The lowest BCUT2D eigenvalue weighted by Crippen LogP contribution is -2.51. The fourth-order valence-electron chi connectivity index (χ4n) is 2.55. The number of nitrogens with zero attached hydrogens (tertiary/aromatic N) is 1. The van der Waals surface area contributed by atoms with Gasteiger partial charge in [-0.25, -0.2) is 0 Å². The quantitative estimate of drug-likeness (QED) is 0.497. The Morgan fingerprint density at radius 3 is 2.94 bits per heavy atom. The van der Waals surface area contributed by atoms with Crippen molar-refractivity contribution in [2.45, 2.75) is 18.9 Å². The van der Waals surface area contributed by atoms with Gasteiger partial charge in [-0.05, 0) is 12.3 Å². The molecule has 1 aliphatic rings. The molecule has 0 spiro atoms. The number of hydrogen-bond donors (Lipinski definition) is 3. The van der Waals surface area contributed by atoms with Crippen LogP contribution >= 0.6 is 0 Å². The summed E-state index contributed by atoms with van der Waals surface area (Å²) in [5.41, 5.74) is 5.58. The van der Waals surface area contributed by atoms with Crippen LogP contribution in [0.4, 0.5) is 0 Å². The highest BCUT2D eigenvalue weighted by Gasteiger charge is 2.28. The van der Waals surface area contributed by atoms with E-state index in [1.54, 1.807) is 0 Å². The molecule has 1 saturated heterocycles. The summed E-state index contributed by atoms with van der Waals surface area (Å²) in [6, 6.07) is 0.312. The van der Waals surface area contributed by atoms with Gasteiger partial charge < -0.3 is 25.8 Å². The second-order valence-corrected chi connectivity index (χ2v) is 4.80. The molecule has 18 heavy (non-hydrogen) atoms. The number of nitrogens with two attached hydrogens (primary N) is 1. The SMILES string of the molecule is COC(=O)CC1CC(NCCO)CN(CCN)C1. The zero-order valence-corrected chi connectivity index (χ0v) is 11.1. The molecular formula is C12H25N3O3. The van der Waals surface area contributed by atoms with E-state index in [1.807, 2.05) is 0 Å². The molecule has 2 unspecified atom stereocenters. The second kappa shape index (κ2) is 8.42. The molecule has 2 atom stereocenters. The van der Waals surface area contributed by atoms with Crippen LogP contribution in [0.25, 0.3) is 0 Å². The van der Waals surface area contributed by atoms with E-state index in [9.17, 15) is 4.79 Å². The van der Waals surface area contributed by atoms with Crippen molar-refractivity contribution in [3.05, 3.63) is 0 Å². The Balaban J connectivity index is 2.47. The van der Waals surface area contributed by atoms with E-state index in [-0.39, 0.29) is 12.6 Å². The number of likely N-dealkylation sites (tertiary alicyclic amines) is 1. The van der Waals surface area contributed by atoms with E-state index >= 15 is 0 Å². The monoisotopic (exact) mass is 259 g/mol. The Morgan fingerprint density at radius 1 is 1.56 bits per heavy atom. The predicted octanol–water partition coefficient (Wildman–Crippen LogP) is -1.22. The van der Waals surface area contributed by atoms with E-state index in [2.05, 4.69) is 10.2 Å². The number of aliphatic hydroxyl groups is 1. The summed E-state index contributed by atoms with van der Waals surface area (Å²) >= 11 is 0. The molecule has 0 saturated carbocycles. The molecule has 1 heterocycles. The molecule has 0 bridgehead atoms. The molecule has 6 heteroatoms. The van der Waals surface area contributed by atoms with E-state index < -0.39 is 0 Å². The third kappa shape index (κ3) is 5.30. The van der Waals surface area contributed by atoms with Crippen LogP contribution in [0.1, 0.15) is 12.8 Å². The summed E-state index contributed by atoms with van der Waals surface area (Å²) in [4.78, 5) is 13.6. The number of methoxy groups -OCH3 is 1. The molecule has 1 aliphatic heterocycles. The molecule has 0 radical (unpaired) electrons. The molecule has 4 N–H and O–H groups in total. The lowest BCUT2D eigenvalue weighted by Gasteiger charge is -2.37. The van der Waals surface area contributed by atoms with E-state index in [1.165, 1.54) is 7.11 Å². The summed E-state index contributed by atoms with van der Waals surface area (Å²) in [7, 11) is 1.42. The third-order valence-corrected chi connectivity index (χ3v) is 3.29. The minimum absolute atomic E-state index is 0.134. The second-order valence-electron chi connectivity index (χ2n) is 4.80. The molecule has 0 amide bonds. The van der Waals surface area contributed by atoms with Crippen LogP contribution in [-0.4, -0.2) is 68.5 Å². The Hall–Kier alpha value is -0.690. The van der Waals surface area contributed by atoms with Gasteiger partial charge in [0.1, 0.15) is 0 Å². The molecule has 106 valence electrons. The van der Waals surface area contributed by atoms with Gasteiger partial charge in [0, 0.05) is 45.2 Å². The highest BCUT2D eigenvalue weighted by Crippen LogP contribution is 2.20. The minimum atomic E-state index is -0.157. The van der Waals surface area contributed by atoms with Crippen LogP contribution in [-0.2, 0) is 9.53 Å². The van der Waals surface area contributed by atoms with Gasteiger partial charge in [0.15, 0.2) is 0 Å². The zero-order chi connectivity index (χ0) is 13.4. The number of carbonyl (C=O) groups is 1. The fourth-order valence-corrected chi connectivity index (χ4v) is 2.55. The minimum Gasteiger partial charge on any atom is -0.469 e. The maximum atomic E-state index is 11.3. The van der Waals surface area contributed by atoms with Crippen LogP contribution in [0, 0.1) is 5.92 Å².